The number of carbonyl (C=O) groups is 1. The van der Waals surface area contributed by atoms with Gasteiger partial charge in [0.2, 0.25) is 0 Å². The number of rotatable bonds is 6. The number of carboxylic acids is 1. The van der Waals surface area contributed by atoms with E-state index in [0.717, 1.165) is 52.2 Å². The Labute approximate surface area is 226 Å². The highest BCUT2D eigenvalue weighted by molar-refractivity contribution is 6.04. The Kier molecular flexibility index (Phi) is 6.37. The Morgan fingerprint density at radius 3 is 2.05 bits per heavy atom. The molecule has 2 heterocycles. The summed E-state index contributed by atoms with van der Waals surface area (Å²) in [5, 5.41) is 11.8. The average Bonchev–Trinajstić information content (AvgIpc) is 3.00. The Morgan fingerprint density at radius 1 is 0.872 bits per heavy atom. The zero-order valence-electron chi connectivity index (χ0n) is 21.8. The third-order valence-corrected chi connectivity index (χ3v) is 7.51. The van der Waals surface area contributed by atoms with E-state index in [1.807, 2.05) is 72.8 Å². The van der Waals surface area contributed by atoms with Gasteiger partial charge in [-0.05, 0) is 60.0 Å². The molecular formula is C32H29NO6. The molecule has 0 bridgehead atoms. The minimum atomic E-state index is -1.01. The Bertz CT molecular complexity index is 1510. The predicted octanol–water partition coefficient (Wildman–Crippen LogP) is 5.74. The molecule has 0 spiro atoms. The van der Waals surface area contributed by atoms with Crippen LogP contribution in [-0.4, -0.2) is 51.6 Å². The molecule has 7 nitrogen and oxygen atoms in total. The van der Waals surface area contributed by atoms with Crippen molar-refractivity contribution >= 4 is 28.5 Å². The van der Waals surface area contributed by atoms with Gasteiger partial charge in [0.25, 0.3) is 0 Å². The third kappa shape index (κ3) is 4.34. The molecule has 0 amide bonds. The van der Waals surface area contributed by atoms with Crippen LogP contribution < -0.4 is 19.1 Å². The van der Waals surface area contributed by atoms with Crippen LogP contribution in [0, 0.1) is 0 Å². The first-order valence-corrected chi connectivity index (χ1v) is 12.9. The maximum absolute atomic E-state index is 12.3. The molecule has 0 saturated carbocycles. The van der Waals surface area contributed by atoms with Crippen molar-refractivity contribution < 1.29 is 28.8 Å². The molecule has 6 rings (SSSR count). The van der Waals surface area contributed by atoms with E-state index in [2.05, 4.69) is 11.0 Å². The van der Waals surface area contributed by atoms with Gasteiger partial charge in [-0.1, -0.05) is 30.3 Å². The van der Waals surface area contributed by atoms with Gasteiger partial charge in [0.1, 0.15) is 17.2 Å². The van der Waals surface area contributed by atoms with Crippen LogP contribution in [0.4, 0.5) is 5.69 Å². The number of nitrogens with zero attached hydrogens (tertiary/aromatic N) is 1. The van der Waals surface area contributed by atoms with E-state index in [9.17, 15) is 9.90 Å². The van der Waals surface area contributed by atoms with Gasteiger partial charge >= 0.3 is 5.97 Å². The fourth-order valence-corrected chi connectivity index (χ4v) is 5.39. The highest BCUT2D eigenvalue weighted by atomic mass is 16.5. The fourth-order valence-electron chi connectivity index (χ4n) is 5.39. The summed E-state index contributed by atoms with van der Waals surface area (Å²) in [6.45, 7) is 2.93. The van der Waals surface area contributed by atoms with Crippen LogP contribution in [0.5, 0.6) is 17.2 Å². The second-order valence-corrected chi connectivity index (χ2v) is 9.60. The first-order chi connectivity index (χ1) is 19.0. The summed E-state index contributed by atoms with van der Waals surface area (Å²) in [4.78, 5) is 14.6. The Morgan fingerprint density at radius 2 is 1.49 bits per heavy atom. The molecule has 1 N–H and O–H groups in total. The van der Waals surface area contributed by atoms with Crippen molar-refractivity contribution in [3.05, 3.63) is 101 Å². The van der Waals surface area contributed by atoms with Crippen LogP contribution in [0.2, 0.25) is 0 Å². The normalized spacial score (nSPS) is 15.9. The molecule has 0 unspecified atom stereocenters. The van der Waals surface area contributed by atoms with Crippen molar-refractivity contribution in [2.24, 2.45) is 0 Å². The topological polar surface area (TPSA) is 77.5 Å². The molecule has 1 fully saturated rings. The van der Waals surface area contributed by atoms with E-state index in [0.29, 0.717) is 24.5 Å². The van der Waals surface area contributed by atoms with E-state index in [-0.39, 0.29) is 5.56 Å². The smallest absolute Gasteiger partial charge is 0.336 e. The standard InChI is InChI=1S/C32H29NO6/c1-36-25-9-4-22(5-10-25)32(23-6-11-26(37-2)12-7-23)14-13-27-29(31(34)35)19-21-3-8-24(20-28(21)30(27)39-32)33-15-17-38-18-16-33/h3-14,19-20H,15-18H2,1-2H3,(H,34,35). The molecule has 0 aromatic heterocycles. The minimum absolute atomic E-state index is 0.200. The second kappa shape index (κ2) is 10.0. The molecule has 39 heavy (non-hydrogen) atoms. The van der Waals surface area contributed by atoms with E-state index in [1.165, 1.54) is 0 Å². The summed E-state index contributed by atoms with van der Waals surface area (Å²) >= 11 is 0. The van der Waals surface area contributed by atoms with E-state index < -0.39 is 11.6 Å². The average molecular weight is 524 g/mol. The number of hydrogen-bond acceptors (Lipinski definition) is 6. The quantitative estimate of drug-likeness (QED) is 0.345. The number of anilines is 1. The highest BCUT2D eigenvalue weighted by Gasteiger charge is 2.39. The van der Waals surface area contributed by atoms with Crippen LogP contribution in [0.1, 0.15) is 27.0 Å². The molecule has 2 aliphatic heterocycles. The second-order valence-electron chi connectivity index (χ2n) is 9.60. The molecule has 7 heteroatoms. The van der Waals surface area contributed by atoms with Crippen LogP contribution in [-0.2, 0) is 10.3 Å². The molecule has 0 atom stereocenters. The van der Waals surface area contributed by atoms with Gasteiger partial charge in [-0.25, -0.2) is 4.79 Å². The molecule has 2 aliphatic rings. The lowest BCUT2D eigenvalue weighted by molar-refractivity contribution is 0.0695. The van der Waals surface area contributed by atoms with Crippen molar-refractivity contribution in [3.63, 3.8) is 0 Å². The summed E-state index contributed by atoms with van der Waals surface area (Å²) in [6.07, 6.45) is 3.81. The van der Waals surface area contributed by atoms with Gasteiger partial charge in [-0.15, -0.1) is 0 Å². The van der Waals surface area contributed by atoms with Crippen LogP contribution >= 0.6 is 0 Å². The molecule has 0 radical (unpaired) electrons. The molecule has 4 aromatic carbocycles. The third-order valence-electron chi connectivity index (χ3n) is 7.51. The SMILES string of the molecule is COc1ccc(C2(c3ccc(OC)cc3)C=Cc3c(C(=O)O)cc4ccc(N5CCOCC5)cc4c3O2)cc1. The van der Waals surface area contributed by atoms with Gasteiger partial charge in [0, 0.05) is 40.9 Å². The first-order valence-electron chi connectivity index (χ1n) is 12.9. The van der Waals surface area contributed by atoms with E-state index in [1.54, 1.807) is 20.3 Å². The van der Waals surface area contributed by atoms with Crippen LogP contribution in [0.25, 0.3) is 16.8 Å². The Balaban J connectivity index is 1.57. The largest absolute Gasteiger partial charge is 0.497 e. The number of hydrogen-bond donors (Lipinski definition) is 1. The van der Waals surface area contributed by atoms with Gasteiger partial charge in [-0.2, -0.15) is 0 Å². The highest BCUT2D eigenvalue weighted by Crippen LogP contribution is 2.47. The monoisotopic (exact) mass is 523 g/mol. The van der Waals surface area contributed by atoms with Crippen molar-refractivity contribution in [1.29, 1.82) is 0 Å². The van der Waals surface area contributed by atoms with Crippen LogP contribution in [0.15, 0.2) is 78.9 Å². The first kappa shape index (κ1) is 24.8. The molecule has 0 aliphatic carbocycles. The van der Waals surface area contributed by atoms with Crippen molar-refractivity contribution in [3.8, 4) is 17.2 Å². The van der Waals surface area contributed by atoms with Crippen molar-refractivity contribution in [1.82, 2.24) is 0 Å². The Hall–Kier alpha value is -4.49. The molecular weight excluding hydrogens is 494 g/mol. The molecule has 1 saturated heterocycles. The molecule has 198 valence electrons. The van der Waals surface area contributed by atoms with E-state index >= 15 is 0 Å². The number of benzene rings is 4. The summed E-state index contributed by atoms with van der Waals surface area (Å²) in [5.41, 5.74) is 2.55. The lowest BCUT2D eigenvalue weighted by atomic mass is 9.82. The number of methoxy groups -OCH3 is 2. The lowest BCUT2D eigenvalue weighted by Crippen LogP contribution is -2.36. The van der Waals surface area contributed by atoms with Crippen molar-refractivity contribution in [2.45, 2.75) is 5.60 Å². The van der Waals surface area contributed by atoms with Gasteiger partial charge < -0.3 is 29.0 Å². The number of morpholine rings is 1. The van der Waals surface area contributed by atoms with E-state index in [4.69, 9.17) is 18.9 Å². The zero-order chi connectivity index (χ0) is 27.0. The van der Waals surface area contributed by atoms with Crippen LogP contribution in [0.3, 0.4) is 0 Å². The number of ether oxygens (including phenoxy) is 4. The number of fused-ring (bicyclic) bond motifs is 3. The zero-order valence-corrected chi connectivity index (χ0v) is 21.8. The maximum Gasteiger partial charge on any atom is 0.336 e. The summed E-state index contributed by atoms with van der Waals surface area (Å²) < 4.78 is 23.3. The maximum atomic E-state index is 12.3. The van der Waals surface area contributed by atoms with Gasteiger partial charge in [-0.3, -0.25) is 0 Å². The lowest BCUT2D eigenvalue weighted by Gasteiger charge is -2.37. The number of aromatic carboxylic acids is 1. The minimum Gasteiger partial charge on any atom is -0.497 e. The predicted molar refractivity (Wildman–Crippen MR) is 150 cm³/mol. The summed E-state index contributed by atoms with van der Waals surface area (Å²) in [6, 6.07) is 23.3. The fraction of sp³-hybridized carbons (Fsp3) is 0.219. The number of carboxylic acid groups (broad SMARTS) is 1. The summed E-state index contributed by atoms with van der Waals surface area (Å²) in [7, 11) is 3.26. The van der Waals surface area contributed by atoms with Crippen molar-refractivity contribution in [2.75, 3.05) is 45.4 Å². The summed E-state index contributed by atoms with van der Waals surface area (Å²) in [5.74, 6) is 1.00. The molecule has 4 aromatic rings. The van der Waals surface area contributed by atoms with Gasteiger partial charge in [0.05, 0.1) is 33.0 Å². The van der Waals surface area contributed by atoms with Gasteiger partial charge in [0.15, 0.2) is 5.60 Å².